The fourth-order valence-electron chi connectivity index (χ4n) is 1.95. The Kier molecular flexibility index (Phi) is 5.63. The molecule has 5 nitrogen and oxygen atoms in total. The summed E-state index contributed by atoms with van der Waals surface area (Å²) >= 11 is 0. The standard InChI is InChI=1S/C16H22N4O/c1-4-7-18-15-10-14(13-6-8-17-12(3)9-13)19-16(20-15)11-21-5-2/h6,8-10H,4-5,7,11H2,1-3H3,(H,18,19,20). The van der Waals surface area contributed by atoms with Gasteiger partial charge in [0.15, 0.2) is 5.82 Å². The van der Waals surface area contributed by atoms with Crippen LogP contribution in [0.1, 0.15) is 31.8 Å². The molecule has 112 valence electrons. The van der Waals surface area contributed by atoms with Gasteiger partial charge in [0.2, 0.25) is 0 Å². The predicted molar refractivity (Wildman–Crippen MR) is 84.1 cm³/mol. The van der Waals surface area contributed by atoms with E-state index in [1.54, 1.807) is 6.20 Å². The van der Waals surface area contributed by atoms with Crippen molar-refractivity contribution in [3.05, 3.63) is 35.9 Å². The summed E-state index contributed by atoms with van der Waals surface area (Å²) in [6.45, 7) is 8.03. The van der Waals surface area contributed by atoms with Gasteiger partial charge in [0.1, 0.15) is 12.4 Å². The Bertz CT molecular complexity index is 560. The van der Waals surface area contributed by atoms with Crippen LogP contribution in [0.25, 0.3) is 11.3 Å². The van der Waals surface area contributed by atoms with Gasteiger partial charge < -0.3 is 10.1 Å². The quantitative estimate of drug-likeness (QED) is 0.847. The molecule has 2 aromatic rings. The lowest BCUT2D eigenvalue weighted by Crippen LogP contribution is -2.07. The van der Waals surface area contributed by atoms with E-state index in [1.165, 1.54) is 0 Å². The number of nitrogens with zero attached hydrogens (tertiary/aromatic N) is 3. The van der Waals surface area contributed by atoms with Crippen molar-refractivity contribution >= 4 is 5.82 Å². The van der Waals surface area contributed by atoms with E-state index in [-0.39, 0.29) is 0 Å². The van der Waals surface area contributed by atoms with Crippen LogP contribution in [0.3, 0.4) is 0 Å². The fourth-order valence-corrected chi connectivity index (χ4v) is 1.95. The molecule has 0 fully saturated rings. The molecular weight excluding hydrogens is 264 g/mol. The van der Waals surface area contributed by atoms with E-state index in [4.69, 9.17) is 4.74 Å². The monoisotopic (exact) mass is 286 g/mol. The summed E-state index contributed by atoms with van der Waals surface area (Å²) < 4.78 is 5.43. The Morgan fingerprint density at radius 1 is 1.19 bits per heavy atom. The van der Waals surface area contributed by atoms with Crippen molar-refractivity contribution in [2.45, 2.75) is 33.8 Å². The van der Waals surface area contributed by atoms with Crippen LogP contribution in [0.5, 0.6) is 0 Å². The number of nitrogens with one attached hydrogen (secondary N) is 1. The molecule has 21 heavy (non-hydrogen) atoms. The molecular formula is C16H22N4O. The van der Waals surface area contributed by atoms with Crippen molar-refractivity contribution in [1.82, 2.24) is 15.0 Å². The average molecular weight is 286 g/mol. The van der Waals surface area contributed by atoms with Crippen LogP contribution in [0, 0.1) is 6.92 Å². The van der Waals surface area contributed by atoms with Crippen LogP contribution in [0.4, 0.5) is 5.82 Å². The van der Waals surface area contributed by atoms with Gasteiger partial charge in [-0.15, -0.1) is 0 Å². The first-order valence-corrected chi connectivity index (χ1v) is 7.35. The lowest BCUT2D eigenvalue weighted by molar-refractivity contribution is 0.128. The Labute approximate surface area is 125 Å². The molecule has 2 rings (SSSR count). The Morgan fingerprint density at radius 3 is 2.76 bits per heavy atom. The van der Waals surface area contributed by atoms with Crippen LogP contribution in [0.15, 0.2) is 24.4 Å². The highest BCUT2D eigenvalue weighted by atomic mass is 16.5. The Balaban J connectivity index is 2.33. The molecule has 1 N–H and O–H groups in total. The summed E-state index contributed by atoms with van der Waals surface area (Å²) in [6, 6.07) is 5.96. The highest BCUT2D eigenvalue weighted by molar-refractivity contribution is 5.62. The molecule has 5 heteroatoms. The molecule has 0 aliphatic rings. The normalized spacial score (nSPS) is 10.6. The molecule has 0 atom stereocenters. The topological polar surface area (TPSA) is 59.9 Å². The summed E-state index contributed by atoms with van der Waals surface area (Å²) in [5.74, 6) is 1.54. The maximum absolute atomic E-state index is 5.43. The number of aromatic nitrogens is 3. The SMILES string of the molecule is CCCNc1cc(-c2ccnc(C)c2)nc(COCC)n1. The maximum Gasteiger partial charge on any atom is 0.157 e. The van der Waals surface area contributed by atoms with Crippen molar-refractivity contribution in [1.29, 1.82) is 0 Å². The minimum absolute atomic E-state index is 0.426. The zero-order valence-corrected chi connectivity index (χ0v) is 12.9. The van der Waals surface area contributed by atoms with E-state index in [0.717, 1.165) is 35.7 Å². The molecule has 0 unspecified atom stereocenters. The zero-order valence-electron chi connectivity index (χ0n) is 12.9. The van der Waals surface area contributed by atoms with Crippen molar-refractivity contribution in [3.63, 3.8) is 0 Å². The fraction of sp³-hybridized carbons (Fsp3) is 0.438. The number of pyridine rings is 1. The summed E-state index contributed by atoms with van der Waals surface area (Å²) in [6.07, 6.45) is 2.85. The Hall–Kier alpha value is -2.01. The van der Waals surface area contributed by atoms with Gasteiger partial charge >= 0.3 is 0 Å². The van der Waals surface area contributed by atoms with Crippen molar-refractivity contribution in [3.8, 4) is 11.3 Å². The first kappa shape index (κ1) is 15.4. The van der Waals surface area contributed by atoms with Gasteiger partial charge in [0.05, 0.1) is 5.69 Å². The van der Waals surface area contributed by atoms with E-state index in [1.807, 2.05) is 32.0 Å². The predicted octanol–water partition coefficient (Wildman–Crippen LogP) is 3.21. The second-order valence-electron chi connectivity index (χ2n) is 4.80. The van der Waals surface area contributed by atoms with Gasteiger partial charge in [-0.25, -0.2) is 9.97 Å². The van der Waals surface area contributed by atoms with Crippen molar-refractivity contribution in [2.24, 2.45) is 0 Å². The van der Waals surface area contributed by atoms with E-state index in [2.05, 4.69) is 27.2 Å². The molecule has 2 aromatic heterocycles. The van der Waals surface area contributed by atoms with Gasteiger partial charge in [-0.3, -0.25) is 4.98 Å². The highest BCUT2D eigenvalue weighted by Crippen LogP contribution is 2.20. The molecule has 0 amide bonds. The van der Waals surface area contributed by atoms with Crippen LogP contribution >= 0.6 is 0 Å². The van der Waals surface area contributed by atoms with Crippen molar-refractivity contribution in [2.75, 3.05) is 18.5 Å². The number of hydrogen-bond acceptors (Lipinski definition) is 5. The number of anilines is 1. The smallest absolute Gasteiger partial charge is 0.157 e. The van der Waals surface area contributed by atoms with Gasteiger partial charge in [-0.05, 0) is 32.4 Å². The minimum atomic E-state index is 0.426. The molecule has 2 heterocycles. The third-order valence-corrected chi connectivity index (χ3v) is 2.96. The average Bonchev–Trinajstić information content (AvgIpc) is 2.50. The van der Waals surface area contributed by atoms with Gasteiger partial charge in [0.25, 0.3) is 0 Å². The maximum atomic E-state index is 5.43. The highest BCUT2D eigenvalue weighted by Gasteiger charge is 2.07. The molecule has 0 saturated heterocycles. The second-order valence-corrected chi connectivity index (χ2v) is 4.80. The first-order chi connectivity index (χ1) is 10.2. The minimum Gasteiger partial charge on any atom is -0.374 e. The van der Waals surface area contributed by atoms with E-state index < -0.39 is 0 Å². The largest absolute Gasteiger partial charge is 0.374 e. The summed E-state index contributed by atoms with van der Waals surface area (Å²) in [5, 5.41) is 3.31. The zero-order chi connectivity index (χ0) is 15.1. The van der Waals surface area contributed by atoms with E-state index in [0.29, 0.717) is 19.0 Å². The van der Waals surface area contributed by atoms with Gasteiger partial charge in [-0.1, -0.05) is 6.92 Å². The third kappa shape index (κ3) is 4.49. The number of aryl methyl sites for hydroxylation is 1. The molecule has 0 bridgehead atoms. The van der Waals surface area contributed by atoms with Crippen LogP contribution in [0.2, 0.25) is 0 Å². The summed E-state index contributed by atoms with van der Waals surface area (Å²) in [7, 11) is 0. The molecule has 0 aliphatic heterocycles. The summed E-state index contributed by atoms with van der Waals surface area (Å²) in [5.41, 5.74) is 2.91. The second kappa shape index (κ2) is 7.69. The van der Waals surface area contributed by atoms with E-state index in [9.17, 15) is 0 Å². The van der Waals surface area contributed by atoms with Gasteiger partial charge in [0, 0.05) is 36.7 Å². The molecule has 0 saturated carbocycles. The molecule has 0 aliphatic carbocycles. The lowest BCUT2D eigenvalue weighted by Gasteiger charge is -2.10. The van der Waals surface area contributed by atoms with Crippen molar-refractivity contribution < 1.29 is 4.74 Å². The van der Waals surface area contributed by atoms with Crippen LogP contribution in [-0.4, -0.2) is 28.1 Å². The van der Waals surface area contributed by atoms with Crippen LogP contribution < -0.4 is 5.32 Å². The third-order valence-electron chi connectivity index (χ3n) is 2.96. The Morgan fingerprint density at radius 2 is 2.05 bits per heavy atom. The van der Waals surface area contributed by atoms with E-state index >= 15 is 0 Å². The lowest BCUT2D eigenvalue weighted by atomic mass is 10.1. The number of rotatable bonds is 7. The number of ether oxygens (including phenoxy) is 1. The molecule has 0 spiro atoms. The summed E-state index contributed by atoms with van der Waals surface area (Å²) in [4.78, 5) is 13.3. The van der Waals surface area contributed by atoms with Crippen LogP contribution in [-0.2, 0) is 11.3 Å². The first-order valence-electron chi connectivity index (χ1n) is 7.35. The molecule has 0 radical (unpaired) electrons. The van der Waals surface area contributed by atoms with Gasteiger partial charge in [-0.2, -0.15) is 0 Å². The number of hydrogen-bond donors (Lipinski definition) is 1. The molecule has 0 aromatic carbocycles.